The molecule has 0 spiro atoms. The number of nitrogens with zero attached hydrogens (tertiary/aromatic N) is 3. The highest BCUT2D eigenvalue weighted by atomic mass is 32.1. The van der Waals surface area contributed by atoms with E-state index in [-0.39, 0.29) is 10.6 Å². The third-order valence-electron chi connectivity index (χ3n) is 3.76. The van der Waals surface area contributed by atoms with Crippen LogP contribution in [0.5, 0.6) is 5.75 Å². The molecule has 0 amide bonds. The molecule has 0 aliphatic heterocycles. The van der Waals surface area contributed by atoms with E-state index in [0.29, 0.717) is 16.9 Å². The predicted octanol–water partition coefficient (Wildman–Crippen LogP) is 4.18. The Morgan fingerprint density at radius 2 is 1.96 bits per heavy atom. The summed E-state index contributed by atoms with van der Waals surface area (Å²) in [6.45, 7) is 0. The molecule has 0 aliphatic carbocycles. The first-order chi connectivity index (χ1) is 12.2. The number of aryl methyl sites for hydroxylation is 1. The molecule has 0 fully saturated rings. The van der Waals surface area contributed by atoms with Crippen molar-refractivity contribution >= 4 is 38.6 Å². The van der Waals surface area contributed by atoms with Crippen molar-refractivity contribution in [1.29, 1.82) is 0 Å². The van der Waals surface area contributed by atoms with Gasteiger partial charge in [-0.3, -0.25) is 9.25 Å². The van der Waals surface area contributed by atoms with Crippen LogP contribution >= 0.6 is 11.3 Å². The fraction of sp³-hybridized carbons (Fsp3) is 0.125. The Morgan fingerprint density at radius 1 is 1.27 bits per heavy atom. The number of rotatable bonds is 3. The van der Waals surface area contributed by atoms with Gasteiger partial charge in [0.2, 0.25) is 0 Å². The summed E-state index contributed by atoms with van der Waals surface area (Å²) in [5, 5.41) is 14.4. The summed E-state index contributed by atoms with van der Waals surface area (Å²) in [5.74, 6) is -1.37. The molecular weight excluding hydrogens is 371 g/mol. The lowest BCUT2D eigenvalue weighted by molar-refractivity contribution is -0.274. The van der Waals surface area contributed by atoms with E-state index in [1.54, 1.807) is 22.5 Å². The first kappa shape index (κ1) is 16.5. The van der Waals surface area contributed by atoms with E-state index in [0.717, 1.165) is 21.4 Å². The monoisotopic (exact) mass is 381 g/mol. The van der Waals surface area contributed by atoms with Crippen LogP contribution in [-0.4, -0.2) is 31.8 Å². The maximum Gasteiger partial charge on any atom is 0.573 e. The van der Waals surface area contributed by atoms with Gasteiger partial charge in [0.1, 0.15) is 10.6 Å². The normalized spacial score (nSPS) is 12.2. The molecule has 4 aromatic rings. The summed E-state index contributed by atoms with van der Waals surface area (Å²) in [6, 6.07) is 6.87. The molecule has 0 bridgehead atoms. The van der Waals surface area contributed by atoms with Crippen molar-refractivity contribution < 1.29 is 27.8 Å². The molecule has 3 aromatic heterocycles. The summed E-state index contributed by atoms with van der Waals surface area (Å²) in [7, 11) is 1.74. The predicted molar refractivity (Wildman–Crippen MR) is 89.1 cm³/mol. The van der Waals surface area contributed by atoms with Gasteiger partial charge in [0, 0.05) is 18.9 Å². The Kier molecular flexibility index (Phi) is 3.48. The third kappa shape index (κ3) is 2.68. The summed E-state index contributed by atoms with van der Waals surface area (Å²) >= 11 is 1.13. The number of thiophene rings is 1. The van der Waals surface area contributed by atoms with Gasteiger partial charge in [0.25, 0.3) is 0 Å². The average Bonchev–Trinajstić information content (AvgIpc) is 3.17. The number of halogens is 3. The summed E-state index contributed by atoms with van der Waals surface area (Å²) in [4.78, 5) is 11.5. The molecule has 3 heterocycles. The molecule has 134 valence electrons. The molecule has 4 rings (SSSR count). The van der Waals surface area contributed by atoms with Crippen molar-refractivity contribution in [3.05, 3.63) is 41.4 Å². The molecule has 1 N–H and O–H groups in total. The van der Waals surface area contributed by atoms with E-state index in [1.807, 2.05) is 0 Å². The van der Waals surface area contributed by atoms with Crippen LogP contribution in [0.25, 0.3) is 26.9 Å². The minimum Gasteiger partial charge on any atom is -0.477 e. The van der Waals surface area contributed by atoms with E-state index in [2.05, 4.69) is 9.84 Å². The van der Waals surface area contributed by atoms with Gasteiger partial charge in [-0.1, -0.05) is 0 Å². The summed E-state index contributed by atoms with van der Waals surface area (Å²) in [5.41, 5.74) is 1.78. The molecule has 1 aromatic carbocycles. The molecule has 0 radical (unpaired) electrons. The van der Waals surface area contributed by atoms with Gasteiger partial charge in [0.05, 0.1) is 15.6 Å². The second-order valence-corrected chi connectivity index (χ2v) is 6.60. The molecule has 26 heavy (non-hydrogen) atoms. The maximum absolute atomic E-state index is 12.3. The molecule has 0 saturated heterocycles. The fourth-order valence-corrected chi connectivity index (χ4v) is 3.81. The van der Waals surface area contributed by atoms with Crippen molar-refractivity contribution in [2.75, 3.05) is 0 Å². The van der Waals surface area contributed by atoms with E-state index < -0.39 is 12.3 Å². The quantitative estimate of drug-likeness (QED) is 0.578. The lowest BCUT2D eigenvalue weighted by Crippen LogP contribution is -2.17. The second kappa shape index (κ2) is 5.49. The van der Waals surface area contributed by atoms with Crippen LogP contribution in [0, 0.1) is 0 Å². The van der Waals surface area contributed by atoms with Gasteiger partial charge in [-0.25, -0.2) is 4.79 Å². The number of aromatic nitrogens is 3. The molecule has 6 nitrogen and oxygen atoms in total. The molecule has 0 aliphatic rings. The van der Waals surface area contributed by atoms with Crippen LogP contribution in [0.15, 0.2) is 36.5 Å². The first-order valence-corrected chi connectivity index (χ1v) is 8.11. The van der Waals surface area contributed by atoms with Crippen molar-refractivity contribution in [3.63, 3.8) is 0 Å². The minimum atomic E-state index is -4.76. The average molecular weight is 381 g/mol. The van der Waals surface area contributed by atoms with Gasteiger partial charge in [-0.2, -0.15) is 5.10 Å². The largest absolute Gasteiger partial charge is 0.573 e. The Bertz CT molecular complexity index is 1140. The number of aromatic carboxylic acids is 1. The number of alkyl halides is 3. The van der Waals surface area contributed by atoms with Crippen LogP contribution in [0.2, 0.25) is 0 Å². The molecular formula is C16H10F3N3O3S. The van der Waals surface area contributed by atoms with Crippen LogP contribution in [0.3, 0.4) is 0 Å². The number of carboxylic acid groups (broad SMARTS) is 1. The van der Waals surface area contributed by atoms with Crippen LogP contribution < -0.4 is 4.74 Å². The molecule has 10 heteroatoms. The Hall–Kier alpha value is -3.01. The van der Waals surface area contributed by atoms with Gasteiger partial charge < -0.3 is 9.84 Å². The third-order valence-corrected chi connectivity index (χ3v) is 4.90. The number of benzene rings is 1. The molecule has 0 unspecified atom stereocenters. The Labute approximate surface area is 147 Å². The van der Waals surface area contributed by atoms with Gasteiger partial charge >= 0.3 is 12.3 Å². The van der Waals surface area contributed by atoms with Gasteiger partial charge in [-0.15, -0.1) is 24.5 Å². The SMILES string of the molecule is Cn1cc2c3sc(C(=O)O)cc3n(-c3ccc(OC(F)(F)F)cc3)c2n1. The smallest absolute Gasteiger partial charge is 0.477 e. The van der Waals surface area contributed by atoms with Gasteiger partial charge in [-0.05, 0) is 30.3 Å². The van der Waals surface area contributed by atoms with Crippen molar-refractivity contribution in [1.82, 2.24) is 14.3 Å². The second-order valence-electron chi connectivity index (χ2n) is 5.55. The van der Waals surface area contributed by atoms with Crippen LogP contribution in [0.4, 0.5) is 13.2 Å². The van der Waals surface area contributed by atoms with E-state index in [4.69, 9.17) is 0 Å². The topological polar surface area (TPSA) is 69.3 Å². The number of fused-ring (bicyclic) bond motifs is 3. The van der Waals surface area contributed by atoms with E-state index in [9.17, 15) is 23.1 Å². The number of hydrogen-bond acceptors (Lipinski definition) is 4. The van der Waals surface area contributed by atoms with E-state index in [1.165, 1.54) is 30.3 Å². The lowest BCUT2D eigenvalue weighted by Gasteiger charge is -2.10. The fourth-order valence-electron chi connectivity index (χ4n) is 2.82. The number of hydrogen-bond donors (Lipinski definition) is 1. The zero-order valence-corrected chi connectivity index (χ0v) is 13.9. The highest BCUT2D eigenvalue weighted by Crippen LogP contribution is 2.37. The number of carboxylic acids is 1. The number of carbonyl (C=O) groups is 1. The van der Waals surface area contributed by atoms with Crippen LogP contribution in [-0.2, 0) is 7.05 Å². The Balaban J connectivity index is 1.89. The van der Waals surface area contributed by atoms with Crippen molar-refractivity contribution in [3.8, 4) is 11.4 Å². The summed E-state index contributed by atoms with van der Waals surface area (Å²) < 4.78 is 44.9. The summed E-state index contributed by atoms with van der Waals surface area (Å²) in [6.07, 6.45) is -2.99. The maximum atomic E-state index is 12.3. The lowest BCUT2D eigenvalue weighted by atomic mass is 10.3. The van der Waals surface area contributed by atoms with E-state index >= 15 is 0 Å². The molecule has 0 atom stereocenters. The Morgan fingerprint density at radius 3 is 2.58 bits per heavy atom. The highest BCUT2D eigenvalue weighted by molar-refractivity contribution is 7.21. The number of ether oxygens (including phenoxy) is 1. The highest BCUT2D eigenvalue weighted by Gasteiger charge is 2.31. The first-order valence-electron chi connectivity index (χ1n) is 7.30. The van der Waals surface area contributed by atoms with Crippen molar-refractivity contribution in [2.24, 2.45) is 7.05 Å². The minimum absolute atomic E-state index is 0.173. The zero-order chi connectivity index (χ0) is 18.6. The van der Waals surface area contributed by atoms with Crippen LogP contribution in [0.1, 0.15) is 9.67 Å². The van der Waals surface area contributed by atoms with Gasteiger partial charge in [0.15, 0.2) is 5.65 Å². The standard InChI is InChI=1S/C16H10F3N3O3S/c1-21-7-10-13-11(6-12(26-13)15(23)24)22(14(10)20-21)8-2-4-9(5-3-8)25-16(17,18)19/h2-7H,1H3,(H,23,24). The zero-order valence-electron chi connectivity index (χ0n) is 13.1. The molecule has 0 saturated carbocycles. The van der Waals surface area contributed by atoms with Crippen molar-refractivity contribution in [2.45, 2.75) is 6.36 Å².